The Morgan fingerprint density at radius 2 is 1.47 bits per heavy atom. The fourth-order valence-corrected chi connectivity index (χ4v) is 11.9. The molecule has 2 saturated carbocycles. The first kappa shape index (κ1) is 39.7. The predicted molar refractivity (Wildman–Crippen MR) is 187 cm³/mol. The lowest BCUT2D eigenvalue weighted by Gasteiger charge is -2.63. The number of rotatable bonds is 9. The Morgan fingerprint density at radius 1 is 0.824 bits per heavy atom. The highest BCUT2D eigenvalue weighted by atomic mass is 16.7. The maximum Gasteiger partial charge on any atom is 0.309 e. The molecule has 51 heavy (non-hydrogen) atoms. The van der Waals surface area contributed by atoms with E-state index in [0.29, 0.717) is 12.8 Å². The first-order chi connectivity index (χ1) is 23.4. The fourth-order valence-electron chi connectivity index (χ4n) is 11.9. The van der Waals surface area contributed by atoms with Gasteiger partial charge in [-0.2, -0.15) is 0 Å². The number of carbonyl (C=O) groups is 4. The van der Waals surface area contributed by atoms with E-state index < -0.39 is 72.0 Å². The Kier molecular flexibility index (Phi) is 10.4. The van der Waals surface area contributed by atoms with Crippen LogP contribution in [0.4, 0.5) is 0 Å². The molecule has 5 aliphatic rings. The van der Waals surface area contributed by atoms with Crippen LogP contribution >= 0.6 is 0 Å². The van der Waals surface area contributed by atoms with Gasteiger partial charge in [-0.15, -0.1) is 0 Å². The van der Waals surface area contributed by atoms with E-state index in [1.807, 2.05) is 0 Å². The number of aliphatic carboxylic acids is 1. The molecule has 4 aliphatic carbocycles. The quantitative estimate of drug-likeness (QED) is 0.140. The highest BCUT2D eigenvalue weighted by molar-refractivity contribution is 5.74. The molecule has 11 nitrogen and oxygen atoms in total. The fraction of sp³-hybridized carbons (Fsp3) is 0.850. The van der Waals surface area contributed by atoms with Gasteiger partial charge in [0.05, 0.1) is 30.1 Å². The van der Waals surface area contributed by atoms with Crippen LogP contribution in [-0.2, 0) is 38.1 Å². The molecule has 0 aromatic carbocycles. The van der Waals surface area contributed by atoms with Crippen molar-refractivity contribution in [3.63, 3.8) is 0 Å². The van der Waals surface area contributed by atoms with Crippen LogP contribution in [0.3, 0.4) is 0 Å². The van der Waals surface area contributed by atoms with Crippen molar-refractivity contribution in [2.75, 3.05) is 0 Å². The molecule has 0 aromatic heterocycles. The van der Waals surface area contributed by atoms with E-state index in [4.69, 9.17) is 18.9 Å². The van der Waals surface area contributed by atoms with Gasteiger partial charge in [0.25, 0.3) is 0 Å². The van der Waals surface area contributed by atoms with Crippen LogP contribution in [0, 0.1) is 39.4 Å². The second-order valence-corrected chi connectivity index (χ2v) is 18.7. The van der Waals surface area contributed by atoms with Crippen molar-refractivity contribution in [1.29, 1.82) is 0 Å². The van der Waals surface area contributed by atoms with Crippen LogP contribution in [0.2, 0.25) is 0 Å². The summed E-state index contributed by atoms with van der Waals surface area (Å²) in [6, 6.07) is 0. The van der Waals surface area contributed by atoms with Crippen molar-refractivity contribution in [3.05, 3.63) is 11.1 Å². The second kappa shape index (κ2) is 13.4. The van der Waals surface area contributed by atoms with Gasteiger partial charge < -0.3 is 34.3 Å². The topological polar surface area (TPSA) is 166 Å². The number of carboxylic acid groups (broad SMARTS) is 1. The Balaban J connectivity index is 1.48. The van der Waals surface area contributed by atoms with Gasteiger partial charge in [0.15, 0.2) is 0 Å². The minimum Gasteiger partial charge on any atom is -0.481 e. The molecule has 1 aliphatic heterocycles. The minimum absolute atomic E-state index is 0.00799. The molecule has 1 unspecified atom stereocenters. The summed E-state index contributed by atoms with van der Waals surface area (Å²) in [5, 5.41) is 30.6. The average Bonchev–Trinajstić information content (AvgIpc) is 3.24. The number of allylic oxidation sites excluding steroid dienone is 2. The van der Waals surface area contributed by atoms with Crippen LogP contribution in [0.5, 0.6) is 0 Å². The minimum atomic E-state index is -1.79. The molecule has 5 rings (SSSR count). The van der Waals surface area contributed by atoms with Gasteiger partial charge in [0.2, 0.25) is 6.29 Å². The number of esters is 3. The number of fused-ring (bicyclic) bond motifs is 4. The molecule has 0 aromatic rings. The van der Waals surface area contributed by atoms with Crippen LogP contribution in [-0.4, -0.2) is 75.0 Å². The number of hydrogen-bond acceptors (Lipinski definition) is 10. The molecule has 3 N–H and O–H groups in total. The van der Waals surface area contributed by atoms with Crippen molar-refractivity contribution in [2.24, 2.45) is 39.4 Å². The number of hydrogen-bond donors (Lipinski definition) is 3. The van der Waals surface area contributed by atoms with Gasteiger partial charge in [0, 0.05) is 25.2 Å². The SMILES string of the molecule is CC(=O)OC1O[C@H](C(C)(C)O)CC[C@@H]1[C@H]1CC[C@@]2(C)C3=C(CC[C@]12C)[C@@]1(C)C[C@@H](OC(=O)C[C@@](C)(O)CC(=O)O)[C@H](OC(C)=O)C(C)(C)[C@@H]1CC3. The predicted octanol–water partition coefficient (Wildman–Crippen LogP) is 6.26. The lowest BCUT2D eigenvalue weighted by Crippen LogP contribution is -2.61. The molecule has 0 spiro atoms. The zero-order valence-electron chi connectivity index (χ0n) is 32.4. The Morgan fingerprint density at radius 3 is 2.06 bits per heavy atom. The van der Waals surface area contributed by atoms with E-state index in [1.54, 1.807) is 13.8 Å². The van der Waals surface area contributed by atoms with Gasteiger partial charge in [-0.3, -0.25) is 19.2 Å². The summed E-state index contributed by atoms with van der Waals surface area (Å²) in [7, 11) is 0. The molecule has 1 saturated heterocycles. The highest BCUT2D eigenvalue weighted by Crippen LogP contribution is 2.73. The van der Waals surface area contributed by atoms with E-state index in [1.165, 1.54) is 31.9 Å². The van der Waals surface area contributed by atoms with E-state index in [-0.39, 0.29) is 40.0 Å². The Hall–Kier alpha value is -2.50. The van der Waals surface area contributed by atoms with Crippen LogP contribution in [0.1, 0.15) is 140 Å². The average molecular weight is 719 g/mol. The number of ether oxygens (including phenoxy) is 4. The maximum atomic E-state index is 13.3. The van der Waals surface area contributed by atoms with Gasteiger partial charge >= 0.3 is 23.9 Å². The van der Waals surface area contributed by atoms with E-state index in [2.05, 4.69) is 34.6 Å². The summed E-state index contributed by atoms with van der Waals surface area (Å²) in [6.07, 6.45) is 3.77. The third kappa shape index (κ3) is 7.12. The van der Waals surface area contributed by atoms with Crippen LogP contribution in [0.25, 0.3) is 0 Å². The monoisotopic (exact) mass is 718 g/mol. The third-order valence-electron chi connectivity index (χ3n) is 14.3. The number of carboxylic acids is 1. The summed E-state index contributed by atoms with van der Waals surface area (Å²) in [5.74, 6) is -2.40. The smallest absolute Gasteiger partial charge is 0.309 e. The Bertz CT molecular complexity index is 1440. The summed E-state index contributed by atoms with van der Waals surface area (Å²) in [4.78, 5) is 49.3. The maximum absolute atomic E-state index is 13.3. The van der Waals surface area contributed by atoms with Crippen molar-refractivity contribution in [1.82, 2.24) is 0 Å². The lowest BCUT2D eigenvalue weighted by molar-refractivity contribution is -0.258. The molecular formula is C40H62O11. The molecule has 3 fully saturated rings. The van der Waals surface area contributed by atoms with E-state index in [9.17, 15) is 34.5 Å². The van der Waals surface area contributed by atoms with E-state index in [0.717, 1.165) is 44.9 Å². The van der Waals surface area contributed by atoms with Crippen LogP contribution in [0.15, 0.2) is 11.1 Å². The van der Waals surface area contributed by atoms with Gasteiger partial charge in [-0.1, -0.05) is 45.8 Å². The number of carbonyl (C=O) groups excluding carboxylic acids is 3. The largest absolute Gasteiger partial charge is 0.481 e. The zero-order valence-corrected chi connectivity index (χ0v) is 32.4. The first-order valence-corrected chi connectivity index (χ1v) is 18.9. The summed E-state index contributed by atoms with van der Waals surface area (Å²) >= 11 is 0. The summed E-state index contributed by atoms with van der Waals surface area (Å²) in [5.41, 5.74) is -1.08. The molecule has 11 atom stereocenters. The third-order valence-corrected chi connectivity index (χ3v) is 14.3. The van der Waals surface area contributed by atoms with Crippen molar-refractivity contribution in [3.8, 4) is 0 Å². The number of aliphatic hydroxyl groups is 2. The standard InChI is InChI=1S/C40H62O11/c1-22(41)48-33-28(50-32(45)21-37(7,47)20-31(43)44)19-38(8)26-16-18-39(9)25(15-17-40(39,10)27(26)12-13-29(38)35(33,3)4)24-11-14-30(36(5,6)46)51-34(24)49-23(2)42/h24-25,28-30,33-34,46-47H,11-21H2,1-10H3,(H,43,44)/t24-,25-,28-,29+,30+,33+,34?,37+,38-,39-,40+/m1/s1. The molecular weight excluding hydrogens is 656 g/mol. The molecule has 1 heterocycles. The lowest BCUT2D eigenvalue weighted by atomic mass is 9.43. The van der Waals surface area contributed by atoms with Gasteiger partial charge in [-0.25, -0.2) is 0 Å². The first-order valence-electron chi connectivity index (χ1n) is 18.9. The van der Waals surface area contributed by atoms with Crippen molar-refractivity contribution >= 4 is 23.9 Å². The van der Waals surface area contributed by atoms with Crippen LogP contribution < -0.4 is 0 Å². The van der Waals surface area contributed by atoms with Crippen molar-refractivity contribution in [2.45, 2.75) is 176 Å². The summed E-state index contributed by atoms with van der Waals surface area (Å²) in [6.45, 7) is 18.8. The van der Waals surface area contributed by atoms with Crippen molar-refractivity contribution < 1.29 is 53.4 Å². The molecule has 0 amide bonds. The van der Waals surface area contributed by atoms with Gasteiger partial charge in [-0.05, 0) is 107 Å². The zero-order chi connectivity index (χ0) is 38.1. The Labute approximate surface area is 303 Å². The van der Waals surface area contributed by atoms with Gasteiger partial charge in [0.1, 0.15) is 12.2 Å². The van der Waals surface area contributed by atoms with E-state index >= 15 is 0 Å². The second-order valence-electron chi connectivity index (χ2n) is 18.7. The molecule has 0 bridgehead atoms. The molecule has 0 radical (unpaired) electrons. The summed E-state index contributed by atoms with van der Waals surface area (Å²) < 4.78 is 24.2. The molecule has 11 heteroatoms. The highest BCUT2D eigenvalue weighted by Gasteiger charge is 2.66. The normalized spacial score (nSPS) is 40.2. The molecule has 288 valence electrons.